The number of nitrogens with zero attached hydrogens (tertiary/aromatic N) is 2. The summed E-state index contributed by atoms with van der Waals surface area (Å²) in [5.74, 6) is 1.16. The highest BCUT2D eigenvalue weighted by Crippen LogP contribution is 2.27. The molecule has 0 saturated carbocycles. The summed E-state index contributed by atoms with van der Waals surface area (Å²) in [4.78, 5) is 4.80. The minimum absolute atomic E-state index is 0.250. The maximum absolute atomic E-state index is 5.79. The zero-order valence-electron chi connectivity index (χ0n) is 12.6. The van der Waals surface area contributed by atoms with Crippen molar-refractivity contribution in [1.29, 1.82) is 0 Å². The van der Waals surface area contributed by atoms with Crippen LogP contribution in [0.25, 0.3) is 11.0 Å². The van der Waals surface area contributed by atoms with Crippen LogP contribution >= 0.6 is 0 Å². The Balaban J connectivity index is 2.13. The molecule has 3 heteroatoms. The molecule has 108 valence electrons. The smallest absolute Gasteiger partial charge is 0.110 e. The Morgan fingerprint density at radius 2 is 1.81 bits per heavy atom. The van der Waals surface area contributed by atoms with Crippen LogP contribution in [0.5, 0.6) is 0 Å². The van der Waals surface area contributed by atoms with E-state index < -0.39 is 0 Å². The highest BCUT2D eigenvalue weighted by atomic mass is 15.1. The van der Waals surface area contributed by atoms with Crippen LogP contribution in [-0.4, -0.2) is 9.55 Å². The van der Waals surface area contributed by atoms with Gasteiger partial charge in [0.25, 0.3) is 0 Å². The van der Waals surface area contributed by atoms with Crippen LogP contribution in [0.4, 0.5) is 5.69 Å². The summed E-state index contributed by atoms with van der Waals surface area (Å²) in [5, 5.41) is 0. The molecule has 2 aromatic carbocycles. The van der Waals surface area contributed by atoms with Crippen molar-refractivity contribution in [2.45, 2.75) is 32.7 Å². The second kappa shape index (κ2) is 5.60. The minimum atomic E-state index is 0.250. The Labute approximate surface area is 125 Å². The Morgan fingerprint density at radius 1 is 1.10 bits per heavy atom. The molecule has 0 fully saturated rings. The molecule has 0 radical (unpaired) electrons. The number of nitrogens with two attached hydrogens (primary N) is 1. The summed E-state index contributed by atoms with van der Waals surface area (Å²) < 4.78 is 2.35. The van der Waals surface area contributed by atoms with Crippen LogP contribution in [0, 0.1) is 0 Å². The lowest BCUT2D eigenvalue weighted by molar-refractivity contribution is 0.612. The quantitative estimate of drug-likeness (QED) is 0.728. The number of fused-ring (bicyclic) bond motifs is 1. The molecule has 0 spiro atoms. The van der Waals surface area contributed by atoms with Crippen molar-refractivity contribution in [3.63, 3.8) is 0 Å². The number of benzene rings is 2. The molecule has 1 unspecified atom stereocenters. The number of aromatic nitrogens is 2. The lowest BCUT2D eigenvalue weighted by Gasteiger charge is -2.18. The van der Waals surface area contributed by atoms with E-state index in [1.54, 1.807) is 0 Å². The summed E-state index contributed by atoms with van der Waals surface area (Å²) in [6.45, 7) is 4.41. The van der Waals surface area contributed by atoms with E-state index in [1.807, 2.05) is 18.2 Å². The number of rotatable bonds is 4. The van der Waals surface area contributed by atoms with Crippen molar-refractivity contribution >= 4 is 16.7 Å². The van der Waals surface area contributed by atoms with Crippen LogP contribution < -0.4 is 5.73 Å². The monoisotopic (exact) mass is 279 g/mol. The lowest BCUT2D eigenvalue weighted by atomic mass is 10.1. The number of nitrogen functional groups attached to an aromatic ring is 1. The molecule has 3 aromatic rings. The SMILES string of the molecule is CCCc1nc2ccccc2n1C(C)c1ccc(N)cc1. The van der Waals surface area contributed by atoms with E-state index in [-0.39, 0.29) is 6.04 Å². The fraction of sp³-hybridized carbons (Fsp3) is 0.278. The van der Waals surface area contributed by atoms with Gasteiger partial charge in [-0.2, -0.15) is 0 Å². The molecule has 1 atom stereocenters. The average Bonchev–Trinajstić information content (AvgIpc) is 2.85. The standard InChI is InChI=1S/C18H21N3/c1-3-6-18-20-16-7-4-5-8-17(16)21(18)13(2)14-9-11-15(19)12-10-14/h4-5,7-13H,3,6,19H2,1-2H3. The average molecular weight is 279 g/mol. The molecule has 0 bridgehead atoms. The number of para-hydroxylation sites is 2. The van der Waals surface area contributed by atoms with Gasteiger partial charge in [-0.25, -0.2) is 4.98 Å². The van der Waals surface area contributed by atoms with Crippen LogP contribution in [-0.2, 0) is 6.42 Å². The summed E-state index contributed by atoms with van der Waals surface area (Å²) in [6.07, 6.45) is 2.09. The molecule has 0 aliphatic rings. The predicted octanol–water partition coefficient (Wildman–Crippen LogP) is 4.18. The fourth-order valence-electron chi connectivity index (χ4n) is 2.85. The Kier molecular flexibility index (Phi) is 3.65. The van der Waals surface area contributed by atoms with Crippen LogP contribution in [0.15, 0.2) is 48.5 Å². The second-order valence-corrected chi connectivity index (χ2v) is 5.48. The first kappa shape index (κ1) is 13.7. The van der Waals surface area contributed by atoms with Gasteiger partial charge in [0.2, 0.25) is 0 Å². The van der Waals surface area contributed by atoms with Gasteiger partial charge in [-0.15, -0.1) is 0 Å². The number of hydrogen-bond donors (Lipinski definition) is 1. The van der Waals surface area contributed by atoms with E-state index in [0.717, 1.165) is 29.9 Å². The van der Waals surface area contributed by atoms with E-state index in [4.69, 9.17) is 10.7 Å². The van der Waals surface area contributed by atoms with E-state index in [2.05, 4.69) is 48.7 Å². The maximum atomic E-state index is 5.79. The van der Waals surface area contributed by atoms with Gasteiger partial charge in [-0.3, -0.25) is 0 Å². The van der Waals surface area contributed by atoms with Gasteiger partial charge >= 0.3 is 0 Å². The largest absolute Gasteiger partial charge is 0.399 e. The summed E-state index contributed by atoms with van der Waals surface area (Å²) in [5.41, 5.74) is 10.1. The Hall–Kier alpha value is -2.29. The van der Waals surface area contributed by atoms with Gasteiger partial charge in [0, 0.05) is 12.1 Å². The lowest BCUT2D eigenvalue weighted by Crippen LogP contribution is -2.10. The normalized spacial score (nSPS) is 12.7. The number of anilines is 1. The van der Waals surface area contributed by atoms with Gasteiger partial charge in [0.05, 0.1) is 17.1 Å². The molecular weight excluding hydrogens is 258 g/mol. The second-order valence-electron chi connectivity index (χ2n) is 5.48. The zero-order valence-corrected chi connectivity index (χ0v) is 12.6. The van der Waals surface area contributed by atoms with Gasteiger partial charge in [-0.1, -0.05) is 31.2 Å². The van der Waals surface area contributed by atoms with E-state index in [9.17, 15) is 0 Å². The molecule has 3 rings (SSSR count). The molecule has 21 heavy (non-hydrogen) atoms. The molecule has 0 saturated heterocycles. The van der Waals surface area contributed by atoms with Crippen LogP contribution in [0.3, 0.4) is 0 Å². The van der Waals surface area contributed by atoms with Crippen molar-refractivity contribution in [2.24, 2.45) is 0 Å². The Bertz CT molecular complexity index is 741. The molecule has 1 aromatic heterocycles. The van der Waals surface area contributed by atoms with Crippen molar-refractivity contribution in [3.05, 3.63) is 59.9 Å². The summed E-state index contributed by atoms with van der Waals surface area (Å²) >= 11 is 0. The first-order valence-electron chi connectivity index (χ1n) is 7.52. The summed E-state index contributed by atoms with van der Waals surface area (Å²) in [6, 6.07) is 16.7. The van der Waals surface area contributed by atoms with Crippen molar-refractivity contribution < 1.29 is 0 Å². The topological polar surface area (TPSA) is 43.8 Å². The molecule has 2 N–H and O–H groups in total. The molecular formula is C18H21N3. The molecule has 0 aliphatic heterocycles. The predicted molar refractivity (Wildman–Crippen MR) is 88.4 cm³/mol. The number of hydrogen-bond acceptors (Lipinski definition) is 2. The minimum Gasteiger partial charge on any atom is -0.399 e. The molecule has 0 aliphatic carbocycles. The molecule has 0 amide bonds. The van der Waals surface area contributed by atoms with Crippen molar-refractivity contribution in [2.75, 3.05) is 5.73 Å². The van der Waals surface area contributed by atoms with E-state index >= 15 is 0 Å². The number of aryl methyl sites for hydroxylation is 1. The number of imidazole rings is 1. The van der Waals surface area contributed by atoms with E-state index in [0.29, 0.717) is 0 Å². The third kappa shape index (κ3) is 2.51. The summed E-state index contributed by atoms with van der Waals surface area (Å²) in [7, 11) is 0. The maximum Gasteiger partial charge on any atom is 0.110 e. The highest BCUT2D eigenvalue weighted by Gasteiger charge is 2.16. The van der Waals surface area contributed by atoms with Gasteiger partial charge in [0.1, 0.15) is 5.82 Å². The van der Waals surface area contributed by atoms with Gasteiger partial charge < -0.3 is 10.3 Å². The van der Waals surface area contributed by atoms with Crippen LogP contribution in [0.1, 0.15) is 37.7 Å². The zero-order chi connectivity index (χ0) is 14.8. The third-order valence-corrected chi connectivity index (χ3v) is 3.95. The van der Waals surface area contributed by atoms with Gasteiger partial charge in [0.15, 0.2) is 0 Å². The Morgan fingerprint density at radius 3 is 2.52 bits per heavy atom. The van der Waals surface area contributed by atoms with Crippen molar-refractivity contribution in [3.8, 4) is 0 Å². The first-order valence-corrected chi connectivity index (χ1v) is 7.52. The first-order chi connectivity index (χ1) is 10.2. The molecule has 3 nitrogen and oxygen atoms in total. The van der Waals surface area contributed by atoms with Crippen molar-refractivity contribution in [1.82, 2.24) is 9.55 Å². The fourth-order valence-corrected chi connectivity index (χ4v) is 2.85. The van der Waals surface area contributed by atoms with Crippen LogP contribution in [0.2, 0.25) is 0 Å². The van der Waals surface area contributed by atoms with Gasteiger partial charge in [-0.05, 0) is 43.2 Å². The highest BCUT2D eigenvalue weighted by molar-refractivity contribution is 5.76. The van der Waals surface area contributed by atoms with E-state index in [1.165, 1.54) is 11.1 Å². The molecule has 1 heterocycles. The third-order valence-electron chi connectivity index (χ3n) is 3.95.